The van der Waals surface area contributed by atoms with Gasteiger partial charge in [-0.25, -0.2) is 0 Å². The van der Waals surface area contributed by atoms with Crippen LogP contribution in [-0.4, -0.2) is 17.2 Å². The Kier molecular flexibility index (Phi) is 3.95. The van der Waals surface area contributed by atoms with E-state index in [2.05, 4.69) is 11.1 Å². The van der Waals surface area contributed by atoms with Crippen LogP contribution in [0.15, 0.2) is 42.6 Å². The van der Waals surface area contributed by atoms with E-state index in [1.807, 2.05) is 31.2 Å². The van der Waals surface area contributed by atoms with Gasteiger partial charge in [0.05, 0.1) is 7.11 Å². The van der Waals surface area contributed by atoms with Gasteiger partial charge in [-0.3, -0.25) is 4.98 Å². The Bertz CT molecular complexity index is 525. The Hall–Kier alpha value is -1.87. The summed E-state index contributed by atoms with van der Waals surface area (Å²) in [4.78, 5) is 4.19. The van der Waals surface area contributed by atoms with Gasteiger partial charge < -0.3 is 9.84 Å². The first-order valence-corrected chi connectivity index (χ1v) is 5.93. The number of rotatable bonds is 4. The molecule has 1 N–H and O–H groups in total. The SMILES string of the molecule is COc1cccnc1C(O)Cc1cccc(C)c1. The predicted octanol–water partition coefficient (Wildman–Crippen LogP) is 2.67. The normalized spacial score (nSPS) is 12.2. The van der Waals surface area contributed by atoms with Gasteiger partial charge in [-0.05, 0) is 24.6 Å². The summed E-state index contributed by atoms with van der Waals surface area (Å²) >= 11 is 0. The first kappa shape index (κ1) is 12.6. The summed E-state index contributed by atoms with van der Waals surface area (Å²) in [7, 11) is 1.58. The molecule has 0 aliphatic rings. The third kappa shape index (κ3) is 2.87. The molecule has 1 aromatic heterocycles. The van der Waals surface area contributed by atoms with Crippen LogP contribution in [-0.2, 0) is 6.42 Å². The lowest BCUT2D eigenvalue weighted by molar-refractivity contribution is 0.169. The summed E-state index contributed by atoms with van der Waals surface area (Å²) < 4.78 is 5.21. The smallest absolute Gasteiger partial charge is 0.143 e. The molecule has 0 aliphatic heterocycles. The molecule has 2 aromatic rings. The van der Waals surface area contributed by atoms with Crippen LogP contribution >= 0.6 is 0 Å². The van der Waals surface area contributed by atoms with E-state index >= 15 is 0 Å². The van der Waals surface area contributed by atoms with Crippen molar-refractivity contribution in [2.24, 2.45) is 0 Å². The van der Waals surface area contributed by atoms with Crippen LogP contribution in [0.1, 0.15) is 22.9 Å². The lowest BCUT2D eigenvalue weighted by Crippen LogP contribution is -2.06. The van der Waals surface area contributed by atoms with Gasteiger partial charge in [0.25, 0.3) is 0 Å². The molecule has 0 spiro atoms. The Morgan fingerprint density at radius 2 is 2.11 bits per heavy atom. The topological polar surface area (TPSA) is 42.4 Å². The minimum atomic E-state index is -0.650. The van der Waals surface area contributed by atoms with E-state index < -0.39 is 6.10 Å². The quantitative estimate of drug-likeness (QED) is 0.897. The summed E-state index contributed by atoms with van der Waals surface area (Å²) in [6, 6.07) is 11.7. The molecule has 0 saturated carbocycles. The molecule has 3 heteroatoms. The Morgan fingerprint density at radius 1 is 1.28 bits per heavy atom. The van der Waals surface area contributed by atoms with Gasteiger partial charge in [-0.1, -0.05) is 29.8 Å². The molecule has 1 heterocycles. The molecule has 0 bridgehead atoms. The molecule has 0 amide bonds. The molecule has 0 radical (unpaired) electrons. The van der Waals surface area contributed by atoms with Crippen molar-refractivity contribution >= 4 is 0 Å². The monoisotopic (exact) mass is 243 g/mol. The highest BCUT2D eigenvalue weighted by Gasteiger charge is 2.14. The van der Waals surface area contributed by atoms with Crippen LogP contribution in [0.3, 0.4) is 0 Å². The highest BCUT2D eigenvalue weighted by Crippen LogP contribution is 2.25. The standard InChI is InChI=1S/C15H17NO2/c1-11-5-3-6-12(9-11)10-13(17)15-14(18-2)7-4-8-16-15/h3-9,13,17H,10H2,1-2H3. The summed E-state index contributed by atoms with van der Waals surface area (Å²) in [5.74, 6) is 0.623. The van der Waals surface area contributed by atoms with Crippen molar-refractivity contribution in [1.29, 1.82) is 0 Å². The molecule has 0 fully saturated rings. The van der Waals surface area contributed by atoms with Crippen LogP contribution in [0.25, 0.3) is 0 Å². The fourth-order valence-electron chi connectivity index (χ4n) is 1.98. The molecule has 0 aliphatic carbocycles. The van der Waals surface area contributed by atoms with Crippen molar-refractivity contribution in [2.45, 2.75) is 19.4 Å². The molecular weight excluding hydrogens is 226 g/mol. The zero-order chi connectivity index (χ0) is 13.0. The average molecular weight is 243 g/mol. The van der Waals surface area contributed by atoms with Gasteiger partial charge >= 0.3 is 0 Å². The second-order valence-corrected chi connectivity index (χ2v) is 4.30. The lowest BCUT2D eigenvalue weighted by atomic mass is 10.0. The highest BCUT2D eigenvalue weighted by atomic mass is 16.5. The van der Waals surface area contributed by atoms with E-state index in [1.54, 1.807) is 19.4 Å². The Labute approximate surface area is 107 Å². The predicted molar refractivity (Wildman–Crippen MR) is 70.6 cm³/mol. The molecule has 0 saturated heterocycles. The van der Waals surface area contributed by atoms with Gasteiger partial charge in [0.1, 0.15) is 17.5 Å². The second-order valence-electron chi connectivity index (χ2n) is 4.30. The van der Waals surface area contributed by atoms with Crippen LogP contribution in [0.5, 0.6) is 5.75 Å². The van der Waals surface area contributed by atoms with E-state index in [0.29, 0.717) is 17.9 Å². The van der Waals surface area contributed by atoms with E-state index in [9.17, 15) is 5.11 Å². The maximum atomic E-state index is 10.2. The number of hydrogen-bond acceptors (Lipinski definition) is 3. The zero-order valence-corrected chi connectivity index (χ0v) is 10.6. The molecule has 94 valence electrons. The first-order valence-electron chi connectivity index (χ1n) is 5.93. The number of aliphatic hydroxyl groups is 1. The molecule has 2 rings (SSSR count). The van der Waals surface area contributed by atoms with Crippen molar-refractivity contribution in [3.05, 3.63) is 59.4 Å². The number of nitrogens with zero attached hydrogens (tertiary/aromatic N) is 1. The van der Waals surface area contributed by atoms with Crippen molar-refractivity contribution in [3.8, 4) is 5.75 Å². The fraction of sp³-hybridized carbons (Fsp3) is 0.267. The second kappa shape index (κ2) is 5.65. The molecule has 3 nitrogen and oxygen atoms in total. The largest absolute Gasteiger partial charge is 0.495 e. The number of aryl methyl sites for hydroxylation is 1. The molecule has 1 aromatic carbocycles. The Morgan fingerprint density at radius 3 is 2.83 bits per heavy atom. The molecule has 18 heavy (non-hydrogen) atoms. The number of ether oxygens (including phenoxy) is 1. The van der Waals surface area contributed by atoms with Crippen LogP contribution in [0.4, 0.5) is 0 Å². The van der Waals surface area contributed by atoms with Crippen molar-refractivity contribution in [2.75, 3.05) is 7.11 Å². The number of hydrogen-bond donors (Lipinski definition) is 1. The van der Waals surface area contributed by atoms with Gasteiger partial charge in [0, 0.05) is 12.6 Å². The summed E-state index contributed by atoms with van der Waals surface area (Å²) in [5.41, 5.74) is 2.87. The number of benzene rings is 1. The zero-order valence-electron chi connectivity index (χ0n) is 10.6. The van der Waals surface area contributed by atoms with E-state index in [1.165, 1.54) is 5.56 Å². The highest BCUT2D eigenvalue weighted by molar-refractivity contribution is 5.30. The fourth-order valence-corrected chi connectivity index (χ4v) is 1.98. The van der Waals surface area contributed by atoms with Gasteiger partial charge in [-0.2, -0.15) is 0 Å². The minimum absolute atomic E-state index is 0.537. The summed E-state index contributed by atoms with van der Waals surface area (Å²) in [5, 5.41) is 10.2. The summed E-state index contributed by atoms with van der Waals surface area (Å²) in [6.45, 7) is 2.04. The van der Waals surface area contributed by atoms with Crippen LogP contribution in [0, 0.1) is 6.92 Å². The molecular formula is C15H17NO2. The summed E-state index contributed by atoms with van der Waals surface area (Å²) in [6.07, 6.45) is 1.55. The lowest BCUT2D eigenvalue weighted by Gasteiger charge is -2.13. The van der Waals surface area contributed by atoms with Gasteiger partial charge in [0.15, 0.2) is 0 Å². The Balaban J connectivity index is 2.19. The third-order valence-corrected chi connectivity index (χ3v) is 2.85. The van der Waals surface area contributed by atoms with E-state index in [-0.39, 0.29) is 0 Å². The van der Waals surface area contributed by atoms with Gasteiger partial charge in [-0.15, -0.1) is 0 Å². The third-order valence-electron chi connectivity index (χ3n) is 2.85. The average Bonchev–Trinajstić information content (AvgIpc) is 2.38. The number of aliphatic hydroxyl groups excluding tert-OH is 1. The number of aromatic nitrogens is 1. The van der Waals surface area contributed by atoms with Crippen molar-refractivity contribution in [3.63, 3.8) is 0 Å². The first-order chi connectivity index (χ1) is 8.70. The van der Waals surface area contributed by atoms with Crippen molar-refractivity contribution in [1.82, 2.24) is 4.98 Å². The minimum Gasteiger partial charge on any atom is -0.495 e. The van der Waals surface area contributed by atoms with Crippen LogP contribution in [0.2, 0.25) is 0 Å². The maximum Gasteiger partial charge on any atom is 0.143 e. The van der Waals surface area contributed by atoms with E-state index in [4.69, 9.17) is 4.74 Å². The van der Waals surface area contributed by atoms with E-state index in [0.717, 1.165) is 5.56 Å². The van der Waals surface area contributed by atoms with Gasteiger partial charge in [0.2, 0.25) is 0 Å². The number of pyridine rings is 1. The molecule has 1 atom stereocenters. The maximum absolute atomic E-state index is 10.2. The number of methoxy groups -OCH3 is 1. The van der Waals surface area contributed by atoms with Crippen LogP contribution < -0.4 is 4.74 Å². The molecule has 1 unspecified atom stereocenters. The van der Waals surface area contributed by atoms with Crippen molar-refractivity contribution < 1.29 is 9.84 Å².